The standard InChI is InChI=1S/C55H30O12/c56-49(31-9-27-43-45(29-31)53(60)66-51(43)58)64-39-23-19-37(20-24-39)62-35-15-11-33(12-16-35)55(47-7-3-1-5-41(47)42-6-2-4-8-48(42)55)34-13-17-36(18-14-34)63-38-21-25-40(26-22-38)65-50(57)32-10-28-44-46(30-32)54(61)67-52(44)59/h1-30H. The fraction of sp³-hybridized carbons (Fsp3) is 0.0182. The summed E-state index contributed by atoms with van der Waals surface area (Å²) < 4.78 is 32.7. The quantitative estimate of drug-likeness (QED) is 0.0728. The highest BCUT2D eigenvalue weighted by Crippen LogP contribution is 2.56. The maximum atomic E-state index is 12.9. The fourth-order valence-corrected chi connectivity index (χ4v) is 8.75. The summed E-state index contributed by atoms with van der Waals surface area (Å²) in [7, 11) is 0. The molecule has 0 saturated carbocycles. The lowest BCUT2D eigenvalue weighted by molar-refractivity contribution is 0.0425. The molecule has 12 heteroatoms. The molecule has 0 N–H and O–H groups in total. The number of rotatable bonds is 10. The van der Waals surface area contributed by atoms with Crippen molar-refractivity contribution in [1.29, 1.82) is 0 Å². The topological polar surface area (TPSA) is 158 Å². The van der Waals surface area contributed by atoms with Crippen molar-refractivity contribution in [2.24, 2.45) is 0 Å². The van der Waals surface area contributed by atoms with Crippen LogP contribution in [-0.4, -0.2) is 35.8 Å². The molecule has 0 aromatic heterocycles. The van der Waals surface area contributed by atoms with Gasteiger partial charge in [0.2, 0.25) is 0 Å². The van der Waals surface area contributed by atoms with Gasteiger partial charge in [0, 0.05) is 0 Å². The van der Waals surface area contributed by atoms with Crippen LogP contribution in [0, 0.1) is 0 Å². The Hall–Kier alpha value is -9.42. The van der Waals surface area contributed by atoms with Gasteiger partial charge in [0.05, 0.1) is 38.8 Å². The number of carbonyl (C=O) groups is 6. The van der Waals surface area contributed by atoms with E-state index in [0.29, 0.717) is 23.0 Å². The minimum absolute atomic E-state index is 0.0161. The van der Waals surface area contributed by atoms with Crippen molar-refractivity contribution in [3.8, 4) is 45.6 Å². The number of hydrogen-bond donors (Lipinski definition) is 0. The lowest BCUT2D eigenvalue weighted by atomic mass is 9.68. The van der Waals surface area contributed by atoms with Gasteiger partial charge in [-0.05, 0) is 143 Å². The third-order valence-electron chi connectivity index (χ3n) is 11.8. The van der Waals surface area contributed by atoms with Gasteiger partial charge in [-0.1, -0.05) is 72.8 Å². The van der Waals surface area contributed by atoms with E-state index < -0.39 is 41.2 Å². The summed E-state index contributed by atoms with van der Waals surface area (Å²) in [5.41, 5.74) is 6.24. The Morgan fingerprint density at radius 2 is 0.672 bits per heavy atom. The molecule has 2 heterocycles. The molecule has 12 nitrogen and oxygen atoms in total. The highest BCUT2D eigenvalue weighted by atomic mass is 16.6. The third-order valence-corrected chi connectivity index (χ3v) is 11.8. The molecule has 0 fully saturated rings. The molecule has 0 amide bonds. The van der Waals surface area contributed by atoms with Crippen LogP contribution < -0.4 is 18.9 Å². The summed E-state index contributed by atoms with van der Waals surface area (Å²) in [5, 5.41) is 0. The van der Waals surface area contributed by atoms with Gasteiger partial charge >= 0.3 is 35.8 Å². The van der Waals surface area contributed by atoms with Crippen molar-refractivity contribution in [3.63, 3.8) is 0 Å². The molecular weight excluding hydrogens is 853 g/mol. The number of hydrogen-bond acceptors (Lipinski definition) is 12. The SMILES string of the molecule is O=C(Oc1ccc(Oc2ccc(C3(c4ccc(Oc5ccc(OC(=O)c6ccc7c(c6)C(=O)OC7=O)cc5)cc4)c4ccccc4-c4ccccc43)cc2)cc1)c1ccc2c(c1)C(=O)OC2=O. The predicted molar refractivity (Wildman–Crippen MR) is 239 cm³/mol. The number of benzene rings is 8. The normalized spacial score (nSPS) is 13.7. The fourth-order valence-electron chi connectivity index (χ4n) is 8.75. The molecule has 3 aliphatic rings. The molecular formula is C55H30O12. The van der Waals surface area contributed by atoms with Gasteiger partial charge in [-0.2, -0.15) is 0 Å². The first kappa shape index (κ1) is 40.4. The number of fused-ring (bicyclic) bond motifs is 5. The van der Waals surface area contributed by atoms with Crippen molar-refractivity contribution in [3.05, 3.63) is 238 Å². The molecule has 0 spiro atoms. The van der Waals surface area contributed by atoms with Crippen LogP contribution in [-0.2, 0) is 14.9 Å². The van der Waals surface area contributed by atoms with E-state index >= 15 is 0 Å². The van der Waals surface area contributed by atoms with Crippen molar-refractivity contribution >= 4 is 35.8 Å². The lowest BCUT2D eigenvalue weighted by Crippen LogP contribution is -2.28. The molecule has 0 radical (unpaired) electrons. The smallest absolute Gasteiger partial charge is 0.346 e. The first-order chi connectivity index (χ1) is 32.6. The van der Waals surface area contributed by atoms with Crippen molar-refractivity contribution in [2.75, 3.05) is 0 Å². The Kier molecular flexibility index (Phi) is 9.63. The van der Waals surface area contributed by atoms with Crippen LogP contribution in [0.25, 0.3) is 11.1 Å². The lowest BCUT2D eigenvalue weighted by Gasteiger charge is -2.34. The summed E-state index contributed by atoms with van der Waals surface area (Å²) in [4.78, 5) is 73.3. The largest absolute Gasteiger partial charge is 0.457 e. The van der Waals surface area contributed by atoms with Gasteiger partial charge in [0.1, 0.15) is 34.5 Å². The zero-order chi connectivity index (χ0) is 45.8. The second-order valence-electron chi connectivity index (χ2n) is 15.7. The van der Waals surface area contributed by atoms with Crippen molar-refractivity contribution < 1.29 is 57.2 Å². The molecule has 11 rings (SSSR count). The zero-order valence-electron chi connectivity index (χ0n) is 34.7. The van der Waals surface area contributed by atoms with Crippen LogP contribution in [0.2, 0.25) is 0 Å². The summed E-state index contributed by atoms with van der Waals surface area (Å²) in [6, 6.07) is 53.8. The Balaban J connectivity index is 0.813. The first-order valence-corrected chi connectivity index (χ1v) is 20.8. The van der Waals surface area contributed by atoms with Crippen LogP contribution in [0.3, 0.4) is 0 Å². The second kappa shape index (κ2) is 16.0. The van der Waals surface area contributed by atoms with Crippen LogP contribution in [0.1, 0.15) is 84.4 Å². The van der Waals surface area contributed by atoms with Gasteiger partial charge in [-0.25, -0.2) is 28.8 Å². The maximum Gasteiger partial charge on any atom is 0.346 e. The molecule has 0 unspecified atom stereocenters. The van der Waals surface area contributed by atoms with E-state index in [1.165, 1.54) is 36.4 Å². The van der Waals surface area contributed by atoms with Crippen molar-refractivity contribution in [2.45, 2.75) is 5.41 Å². The Labute approximate surface area is 380 Å². The number of cyclic esters (lactones) is 4. The van der Waals surface area contributed by atoms with E-state index in [4.69, 9.17) is 18.9 Å². The molecule has 0 bridgehead atoms. The average Bonchev–Trinajstić information content (AvgIpc) is 3.94. The van der Waals surface area contributed by atoms with Gasteiger partial charge in [-0.3, -0.25) is 0 Å². The molecule has 0 atom stereocenters. The molecule has 0 saturated heterocycles. The van der Waals surface area contributed by atoms with Crippen LogP contribution >= 0.6 is 0 Å². The van der Waals surface area contributed by atoms with Crippen LogP contribution in [0.5, 0.6) is 34.5 Å². The van der Waals surface area contributed by atoms with E-state index in [0.717, 1.165) is 33.4 Å². The Morgan fingerprint density at radius 3 is 1.06 bits per heavy atom. The molecule has 8 aromatic rings. The Bertz CT molecular complexity index is 3160. The summed E-state index contributed by atoms with van der Waals surface area (Å²) >= 11 is 0. The van der Waals surface area contributed by atoms with E-state index in [1.807, 2.05) is 48.5 Å². The summed E-state index contributed by atoms with van der Waals surface area (Å²) in [5.74, 6) is -1.84. The van der Waals surface area contributed by atoms with Crippen molar-refractivity contribution in [1.82, 2.24) is 0 Å². The van der Waals surface area contributed by atoms with E-state index in [2.05, 4.69) is 58.0 Å². The minimum Gasteiger partial charge on any atom is -0.457 e. The summed E-state index contributed by atoms with van der Waals surface area (Å²) in [6.45, 7) is 0. The van der Waals surface area contributed by atoms with E-state index in [9.17, 15) is 28.8 Å². The van der Waals surface area contributed by atoms with Crippen LogP contribution in [0.4, 0.5) is 0 Å². The van der Waals surface area contributed by atoms with Gasteiger partial charge in [-0.15, -0.1) is 0 Å². The highest BCUT2D eigenvalue weighted by molar-refractivity contribution is 6.16. The molecule has 1 aliphatic carbocycles. The third kappa shape index (κ3) is 7.05. The van der Waals surface area contributed by atoms with Gasteiger partial charge in [0.15, 0.2) is 0 Å². The number of ether oxygens (including phenoxy) is 6. The number of carbonyl (C=O) groups excluding carboxylic acids is 6. The second-order valence-corrected chi connectivity index (χ2v) is 15.7. The molecule has 2 aliphatic heterocycles. The van der Waals surface area contributed by atoms with E-state index in [-0.39, 0.29) is 44.9 Å². The zero-order valence-corrected chi connectivity index (χ0v) is 34.7. The van der Waals surface area contributed by atoms with Crippen LogP contribution in [0.15, 0.2) is 182 Å². The average molecular weight is 883 g/mol. The van der Waals surface area contributed by atoms with E-state index in [1.54, 1.807) is 48.5 Å². The summed E-state index contributed by atoms with van der Waals surface area (Å²) in [6.07, 6.45) is 0. The van der Waals surface area contributed by atoms with Gasteiger partial charge < -0.3 is 28.4 Å². The van der Waals surface area contributed by atoms with Gasteiger partial charge in [0.25, 0.3) is 0 Å². The maximum absolute atomic E-state index is 12.9. The molecule has 67 heavy (non-hydrogen) atoms. The first-order valence-electron chi connectivity index (χ1n) is 20.8. The molecule has 8 aromatic carbocycles. The minimum atomic E-state index is -0.809. The predicted octanol–water partition coefficient (Wildman–Crippen LogP) is 10.7. The Morgan fingerprint density at radius 1 is 0.343 bits per heavy atom. The monoisotopic (exact) mass is 882 g/mol. The molecule has 322 valence electrons. The highest BCUT2D eigenvalue weighted by Gasteiger charge is 2.46. The number of esters is 6.